The summed E-state index contributed by atoms with van der Waals surface area (Å²) in [6.07, 6.45) is 2.36. The molecule has 0 bridgehead atoms. The molecule has 2 aliphatic rings. The summed E-state index contributed by atoms with van der Waals surface area (Å²) < 4.78 is 5.16. The van der Waals surface area contributed by atoms with Gasteiger partial charge in [-0.25, -0.2) is 9.78 Å². The number of rotatable bonds is 7. The van der Waals surface area contributed by atoms with Gasteiger partial charge >= 0.3 is 6.09 Å². The van der Waals surface area contributed by atoms with Gasteiger partial charge in [0.2, 0.25) is 11.9 Å². The van der Waals surface area contributed by atoms with Crippen LogP contribution in [0.15, 0.2) is 30.5 Å². The van der Waals surface area contributed by atoms with Gasteiger partial charge in [-0.2, -0.15) is 4.98 Å². The van der Waals surface area contributed by atoms with Crippen LogP contribution in [0, 0.1) is 0 Å². The third-order valence-corrected chi connectivity index (χ3v) is 6.74. The highest BCUT2D eigenvalue weighted by molar-refractivity contribution is 5.89. The average Bonchev–Trinajstić information content (AvgIpc) is 2.85. The highest BCUT2D eigenvalue weighted by atomic mass is 16.6. The van der Waals surface area contributed by atoms with E-state index in [2.05, 4.69) is 58.3 Å². The summed E-state index contributed by atoms with van der Waals surface area (Å²) >= 11 is 0. The maximum absolute atomic E-state index is 12.0. The summed E-state index contributed by atoms with van der Waals surface area (Å²) in [5.41, 5.74) is 3.23. The number of piperazine rings is 1. The van der Waals surface area contributed by atoms with E-state index in [0.717, 1.165) is 43.7 Å². The molecule has 2 aromatic rings. The Kier molecular flexibility index (Phi) is 7.31. The number of hydrogen-bond acceptors (Lipinski definition) is 7. The summed E-state index contributed by atoms with van der Waals surface area (Å²) in [6.45, 7) is 11.9. The minimum atomic E-state index is -0.378. The number of ether oxygens (including phenoxy) is 1. The molecule has 2 amide bonds. The maximum atomic E-state index is 12.0. The fraction of sp³-hybridized carbons (Fsp3) is 0.520. The Bertz CT molecular complexity index is 1020. The third kappa shape index (κ3) is 4.99. The number of benzene rings is 1. The average molecular weight is 467 g/mol. The Hall–Kier alpha value is -3.20. The monoisotopic (exact) mass is 466 g/mol. The van der Waals surface area contributed by atoms with Gasteiger partial charge in [-0.15, -0.1) is 0 Å². The molecule has 1 N–H and O–H groups in total. The standard InChI is InChI=1S/C25H34N6O3/c1-5-22(30-13-11-29(12-14-30)18(4)32)20-9-7-19(8-10-20)17(3)27-24-26-15-21-16-34-25(33)31(6-2)23(21)28-24/h7-10,15,17,22H,5-6,11-14,16H2,1-4H3,(H,26,27,28)/t17-,22?/m0/s1. The SMILES string of the molecule is CCC(c1ccc([C@H](C)Nc2ncc3c(n2)N(CC)C(=O)OC3)cc1)N1CCN(C(C)=O)CC1. The Morgan fingerprint density at radius 1 is 1.12 bits per heavy atom. The normalized spacial score (nSPS) is 18.2. The molecule has 0 spiro atoms. The van der Waals surface area contributed by atoms with Crippen molar-refractivity contribution in [3.8, 4) is 0 Å². The van der Waals surface area contributed by atoms with Gasteiger partial charge in [0.25, 0.3) is 0 Å². The largest absolute Gasteiger partial charge is 0.444 e. The molecule has 1 saturated heterocycles. The third-order valence-electron chi connectivity index (χ3n) is 6.74. The van der Waals surface area contributed by atoms with E-state index >= 15 is 0 Å². The molecule has 1 aromatic heterocycles. The molecule has 3 heterocycles. The smallest absolute Gasteiger partial charge is 0.415 e. The van der Waals surface area contributed by atoms with E-state index in [9.17, 15) is 9.59 Å². The van der Waals surface area contributed by atoms with E-state index in [1.54, 1.807) is 13.1 Å². The number of hydrogen-bond donors (Lipinski definition) is 1. The van der Waals surface area contributed by atoms with Crippen molar-refractivity contribution in [2.24, 2.45) is 0 Å². The van der Waals surface area contributed by atoms with Crippen molar-refractivity contribution < 1.29 is 14.3 Å². The first-order valence-electron chi connectivity index (χ1n) is 12.1. The zero-order chi connectivity index (χ0) is 24.2. The molecule has 1 fully saturated rings. The van der Waals surface area contributed by atoms with Crippen LogP contribution in [0.3, 0.4) is 0 Å². The molecular formula is C25H34N6O3. The van der Waals surface area contributed by atoms with Crippen molar-refractivity contribution in [2.75, 3.05) is 42.9 Å². The Morgan fingerprint density at radius 3 is 2.41 bits per heavy atom. The number of carbonyl (C=O) groups excluding carboxylic acids is 2. The van der Waals surface area contributed by atoms with E-state index in [1.165, 1.54) is 10.5 Å². The summed E-state index contributed by atoms with van der Waals surface area (Å²) in [4.78, 5) is 38.6. The lowest BCUT2D eigenvalue weighted by molar-refractivity contribution is -0.130. The van der Waals surface area contributed by atoms with Crippen molar-refractivity contribution in [3.63, 3.8) is 0 Å². The Labute approximate surface area is 201 Å². The van der Waals surface area contributed by atoms with Gasteiger partial charge in [-0.05, 0) is 31.4 Å². The molecule has 1 aromatic carbocycles. The van der Waals surface area contributed by atoms with Crippen LogP contribution >= 0.6 is 0 Å². The zero-order valence-electron chi connectivity index (χ0n) is 20.5. The van der Waals surface area contributed by atoms with E-state index in [1.807, 2.05) is 11.8 Å². The van der Waals surface area contributed by atoms with Crippen molar-refractivity contribution in [2.45, 2.75) is 52.8 Å². The first kappa shape index (κ1) is 23.9. The number of fused-ring (bicyclic) bond motifs is 1. The molecule has 9 nitrogen and oxygen atoms in total. The van der Waals surface area contributed by atoms with Crippen LogP contribution in [0.2, 0.25) is 0 Å². The van der Waals surface area contributed by atoms with Crippen molar-refractivity contribution in [1.29, 1.82) is 0 Å². The quantitative estimate of drug-likeness (QED) is 0.665. The van der Waals surface area contributed by atoms with E-state index in [0.29, 0.717) is 24.4 Å². The van der Waals surface area contributed by atoms with Crippen molar-refractivity contribution in [3.05, 3.63) is 47.2 Å². The zero-order valence-corrected chi connectivity index (χ0v) is 20.5. The van der Waals surface area contributed by atoms with Gasteiger partial charge < -0.3 is 15.0 Å². The number of nitrogens with one attached hydrogen (secondary N) is 1. The highest BCUT2D eigenvalue weighted by Gasteiger charge is 2.27. The van der Waals surface area contributed by atoms with Crippen LogP contribution in [-0.2, 0) is 16.1 Å². The predicted octanol–water partition coefficient (Wildman–Crippen LogP) is 3.74. The van der Waals surface area contributed by atoms with Crippen molar-refractivity contribution >= 4 is 23.8 Å². The van der Waals surface area contributed by atoms with Gasteiger partial charge in [0.15, 0.2) is 0 Å². The van der Waals surface area contributed by atoms with Crippen LogP contribution in [-0.4, -0.2) is 64.5 Å². The van der Waals surface area contributed by atoms with E-state index in [4.69, 9.17) is 4.74 Å². The fourth-order valence-electron chi connectivity index (χ4n) is 4.72. The van der Waals surface area contributed by atoms with Crippen molar-refractivity contribution in [1.82, 2.24) is 19.8 Å². The molecule has 182 valence electrons. The van der Waals surface area contributed by atoms with Gasteiger partial charge in [-0.3, -0.25) is 14.6 Å². The first-order valence-corrected chi connectivity index (χ1v) is 12.1. The van der Waals surface area contributed by atoms with Crippen LogP contribution in [0.4, 0.5) is 16.6 Å². The number of nitrogens with zero attached hydrogens (tertiary/aromatic N) is 5. The second kappa shape index (κ2) is 10.4. The molecule has 34 heavy (non-hydrogen) atoms. The van der Waals surface area contributed by atoms with Crippen LogP contribution in [0.5, 0.6) is 0 Å². The summed E-state index contributed by atoms with van der Waals surface area (Å²) in [5, 5.41) is 3.36. The fourth-order valence-corrected chi connectivity index (χ4v) is 4.72. The summed E-state index contributed by atoms with van der Waals surface area (Å²) in [7, 11) is 0. The minimum absolute atomic E-state index is 0.00286. The lowest BCUT2D eigenvalue weighted by atomic mass is 9.98. The Morgan fingerprint density at radius 2 is 1.79 bits per heavy atom. The van der Waals surface area contributed by atoms with E-state index in [-0.39, 0.29) is 24.6 Å². The summed E-state index contributed by atoms with van der Waals surface area (Å²) in [6, 6.07) is 9.03. The number of anilines is 2. The second-order valence-corrected chi connectivity index (χ2v) is 8.84. The molecule has 4 rings (SSSR count). The molecule has 0 saturated carbocycles. The highest BCUT2D eigenvalue weighted by Crippen LogP contribution is 2.29. The van der Waals surface area contributed by atoms with Gasteiger partial charge in [-0.1, -0.05) is 31.2 Å². The number of carbonyl (C=O) groups is 2. The molecule has 0 aliphatic carbocycles. The minimum Gasteiger partial charge on any atom is -0.444 e. The molecule has 2 aliphatic heterocycles. The lowest BCUT2D eigenvalue weighted by Gasteiger charge is -2.39. The summed E-state index contributed by atoms with van der Waals surface area (Å²) in [5.74, 6) is 1.25. The van der Waals surface area contributed by atoms with Gasteiger partial charge in [0.1, 0.15) is 12.4 Å². The van der Waals surface area contributed by atoms with Gasteiger partial charge in [0.05, 0.1) is 11.6 Å². The van der Waals surface area contributed by atoms with Gasteiger partial charge in [0, 0.05) is 51.9 Å². The maximum Gasteiger partial charge on any atom is 0.415 e. The molecule has 1 unspecified atom stereocenters. The second-order valence-electron chi connectivity index (χ2n) is 8.84. The molecular weight excluding hydrogens is 432 g/mol. The molecule has 0 radical (unpaired) electrons. The molecule has 9 heteroatoms. The predicted molar refractivity (Wildman–Crippen MR) is 131 cm³/mol. The van der Waals surface area contributed by atoms with Crippen LogP contribution in [0.25, 0.3) is 0 Å². The first-order chi connectivity index (χ1) is 16.4. The lowest BCUT2D eigenvalue weighted by Crippen LogP contribution is -2.49. The number of amides is 2. The Balaban J connectivity index is 1.42. The number of aromatic nitrogens is 2. The topological polar surface area (TPSA) is 90.9 Å². The molecule has 2 atom stereocenters. The number of cyclic esters (lactones) is 1. The van der Waals surface area contributed by atoms with Crippen LogP contribution in [0.1, 0.15) is 62.9 Å². The van der Waals surface area contributed by atoms with Crippen LogP contribution < -0.4 is 10.2 Å². The van der Waals surface area contributed by atoms with E-state index < -0.39 is 0 Å².